The zero-order valence-corrected chi connectivity index (χ0v) is 18.0. The van der Waals surface area contributed by atoms with Gasteiger partial charge in [-0.2, -0.15) is 0 Å². The Morgan fingerprint density at radius 1 is 0.969 bits per heavy atom. The summed E-state index contributed by atoms with van der Waals surface area (Å²) in [4.78, 5) is 41.2. The first kappa shape index (κ1) is 20.2. The Hall–Kier alpha value is -3.74. The molecule has 4 heterocycles. The Kier molecular flexibility index (Phi) is 5.31. The van der Waals surface area contributed by atoms with Crippen LogP contribution in [-0.4, -0.2) is 52.9 Å². The molecule has 2 amide bonds. The van der Waals surface area contributed by atoms with Crippen molar-refractivity contribution in [3.05, 3.63) is 83.8 Å². The Morgan fingerprint density at radius 3 is 2.53 bits per heavy atom. The third kappa shape index (κ3) is 3.70. The van der Waals surface area contributed by atoms with Crippen LogP contribution >= 0.6 is 0 Å². The molecule has 0 aliphatic carbocycles. The minimum atomic E-state index is -0.401. The lowest BCUT2D eigenvalue weighted by Gasteiger charge is -2.36. The molecule has 7 nitrogen and oxygen atoms in total. The van der Waals surface area contributed by atoms with Crippen molar-refractivity contribution >= 4 is 23.3 Å². The molecule has 2 aliphatic heterocycles. The van der Waals surface area contributed by atoms with Crippen LogP contribution in [0.15, 0.2) is 67.0 Å². The van der Waals surface area contributed by atoms with E-state index in [0.29, 0.717) is 24.3 Å². The van der Waals surface area contributed by atoms with E-state index in [1.54, 1.807) is 29.4 Å². The van der Waals surface area contributed by atoms with E-state index < -0.39 is 6.04 Å². The standard InChI is InChI=1S/C25H25N5O2/c1-18-6-4-7-19(16-18)30-21(24-20(25(30)32)8-5-11-27-24)17-23(31)29-14-12-28(13-15-29)22-9-2-3-10-26-22/h2-11,16,21H,12-15,17H2,1H3. The van der Waals surface area contributed by atoms with Crippen LogP contribution in [0.5, 0.6) is 0 Å². The maximum atomic E-state index is 13.3. The SMILES string of the molecule is Cc1cccc(N2C(=O)c3cccnc3C2CC(=O)N2CCN(c3ccccn3)CC2)c1. The Bertz CT molecular complexity index is 1140. The molecule has 1 fully saturated rings. The number of hydrogen-bond donors (Lipinski definition) is 0. The number of amides is 2. The van der Waals surface area contributed by atoms with Crippen LogP contribution < -0.4 is 9.80 Å². The molecule has 162 valence electrons. The molecule has 0 saturated carbocycles. The fourth-order valence-electron chi connectivity index (χ4n) is 4.54. The van der Waals surface area contributed by atoms with Gasteiger partial charge in [0.1, 0.15) is 5.82 Å². The summed E-state index contributed by atoms with van der Waals surface area (Å²) in [6.07, 6.45) is 3.69. The van der Waals surface area contributed by atoms with Crippen molar-refractivity contribution in [3.8, 4) is 0 Å². The molecule has 1 saturated heterocycles. The van der Waals surface area contributed by atoms with Crippen molar-refractivity contribution in [2.45, 2.75) is 19.4 Å². The lowest BCUT2D eigenvalue weighted by atomic mass is 10.1. The maximum Gasteiger partial charge on any atom is 0.260 e. The summed E-state index contributed by atoms with van der Waals surface area (Å²) in [5.41, 5.74) is 3.12. The van der Waals surface area contributed by atoms with Gasteiger partial charge in [0.15, 0.2) is 0 Å². The normalized spacial score (nSPS) is 18.1. The molecule has 0 spiro atoms. The molecule has 32 heavy (non-hydrogen) atoms. The lowest BCUT2D eigenvalue weighted by molar-refractivity contribution is -0.131. The molecular weight excluding hydrogens is 402 g/mol. The first-order valence-corrected chi connectivity index (χ1v) is 10.9. The van der Waals surface area contributed by atoms with Crippen molar-refractivity contribution in [2.24, 2.45) is 0 Å². The molecule has 0 radical (unpaired) electrons. The van der Waals surface area contributed by atoms with Gasteiger partial charge in [0, 0.05) is 44.3 Å². The van der Waals surface area contributed by atoms with Crippen molar-refractivity contribution < 1.29 is 9.59 Å². The molecule has 1 atom stereocenters. The largest absolute Gasteiger partial charge is 0.353 e. The number of nitrogens with zero attached hydrogens (tertiary/aromatic N) is 5. The zero-order chi connectivity index (χ0) is 22.1. The molecule has 2 aliphatic rings. The number of pyridine rings is 2. The minimum Gasteiger partial charge on any atom is -0.353 e. The van der Waals surface area contributed by atoms with E-state index in [4.69, 9.17) is 0 Å². The van der Waals surface area contributed by atoms with Gasteiger partial charge in [-0.05, 0) is 48.9 Å². The first-order chi connectivity index (χ1) is 15.6. The summed E-state index contributed by atoms with van der Waals surface area (Å²) in [5, 5.41) is 0. The fourth-order valence-corrected chi connectivity index (χ4v) is 4.54. The molecule has 3 aromatic rings. The van der Waals surface area contributed by atoms with Crippen LogP contribution in [0, 0.1) is 6.92 Å². The number of hydrogen-bond acceptors (Lipinski definition) is 5. The predicted octanol–water partition coefficient (Wildman–Crippen LogP) is 3.23. The highest BCUT2D eigenvalue weighted by Crippen LogP contribution is 2.38. The Balaban J connectivity index is 1.34. The highest BCUT2D eigenvalue weighted by molar-refractivity contribution is 6.11. The second kappa shape index (κ2) is 8.42. The number of aryl methyl sites for hydroxylation is 1. The number of anilines is 2. The number of aromatic nitrogens is 2. The first-order valence-electron chi connectivity index (χ1n) is 10.9. The Morgan fingerprint density at radius 2 is 1.78 bits per heavy atom. The Labute approximate surface area is 187 Å². The number of carbonyl (C=O) groups is 2. The average molecular weight is 428 g/mol. The molecule has 7 heteroatoms. The van der Waals surface area contributed by atoms with E-state index >= 15 is 0 Å². The van der Waals surface area contributed by atoms with Gasteiger partial charge >= 0.3 is 0 Å². The van der Waals surface area contributed by atoms with Gasteiger partial charge in [0.05, 0.1) is 23.7 Å². The number of carbonyl (C=O) groups excluding carboxylic acids is 2. The number of piperazine rings is 1. The third-order valence-corrected chi connectivity index (χ3v) is 6.17. The lowest BCUT2D eigenvalue weighted by Crippen LogP contribution is -2.49. The quantitative estimate of drug-likeness (QED) is 0.639. The summed E-state index contributed by atoms with van der Waals surface area (Å²) in [7, 11) is 0. The smallest absolute Gasteiger partial charge is 0.260 e. The molecule has 0 N–H and O–H groups in total. The summed E-state index contributed by atoms with van der Waals surface area (Å²) < 4.78 is 0. The number of fused-ring (bicyclic) bond motifs is 1. The second-order valence-corrected chi connectivity index (χ2v) is 8.23. The van der Waals surface area contributed by atoms with Crippen LogP contribution in [0.1, 0.15) is 34.1 Å². The predicted molar refractivity (Wildman–Crippen MR) is 123 cm³/mol. The van der Waals surface area contributed by atoms with Crippen LogP contribution in [0.3, 0.4) is 0 Å². The third-order valence-electron chi connectivity index (χ3n) is 6.17. The van der Waals surface area contributed by atoms with Crippen LogP contribution in [0.25, 0.3) is 0 Å². The molecule has 5 rings (SSSR count). The van der Waals surface area contributed by atoms with E-state index in [2.05, 4.69) is 14.9 Å². The van der Waals surface area contributed by atoms with Gasteiger partial charge in [0.2, 0.25) is 5.91 Å². The van der Waals surface area contributed by atoms with Crippen LogP contribution in [-0.2, 0) is 4.79 Å². The fraction of sp³-hybridized carbons (Fsp3) is 0.280. The summed E-state index contributed by atoms with van der Waals surface area (Å²) >= 11 is 0. The van der Waals surface area contributed by atoms with Gasteiger partial charge in [-0.15, -0.1) is 0 Å². The molecular formula is C25H25N5O2. The maximum absolute atomic E-state index is 13.3. The molecule has 0 bridgehead atoms. The van der Waals surface area contributed by atoms with Gasteiger partial charge in [-0.25, -0.2) is 4.98 Å². The van der Waals surface area contributed by atoms with Crippen LogP contribution in [0.4, 0.5) is 11.5 Å². The van der Waals surface area contributed by atoms with Gasteiger partial charge in [-0.1, -0.05) is 18.2 Å². The molecule has 1 unspecified atom stereocenters. The van der Waals surface area contributed by atoms with Gasteiger partial charge in [0.25, 0.3) is 5.91 Å². The second-order valence-electron chi connectivity index (χ2n) is 8.23. The number of rotatable bonds is 4. The monoisotopic (exact) mass is 427 g/mol. The van der Waals surface area contributed by atoms with Crippen molar-refractivity contribution in [3.63, 3.8) is 0 Å². The number of benzene rings is 1. The van der Waals surface area contributed by atoms with E-state index in [1.165, 1.54) is 0 Å². The summed E-state index contributed by atoms with van der Waals surface area (Å²) in [6.45, 7) is 4.74. The van der Waals surface area contributed by atoms with E-state index in [1.807, 2.05) is 54.3 Å². The highest BCUT2D eigenvalue weighted by Gasteiger charge is 2.40. The molecule has 1 aromatic carbocycles. The highest BCUT2D eigenvalue weighted by atomic mass is 16.2. The summed E-state index contributed by atoms with van der Waals surface area (Å²) in [6, 6.07) is 16.9. The van der Waals surface area contributed by atoms with E-state index in [0.717, 1.165) is 30.2 Å². The van der Waals surface area contributed by atoms with Gasteiger partial charge in [-0.3, -0.25) is 19.5 Å². The van der Waals surface area contributed by atoms with Crippen molar-refractivity contribution in [2.75, 3.05) is 36.0 Å². The van der Waals surface area contributed by atoms with E-state index in [-0.39, 0.29) is 18.2 Å². The average Bonchev–Trinajstić information content (AvgIpc) is 3.11. The zero-order valence-electron chi connectivity index (χ0n) is 18.0. The minimum absolute atomic E-state index is 0.0413. The molecule has 2 aromatic heterocycles. The van der Waals surface area contributed by atoms with Gasteiger partial charge < -0.3 is 9.80 Å². The van der Waals surface area contributed by atoms with Crippen molar-refractivity contribution in [1.82, 2.24) is 14.9 Å². The topological polar surface area (TPSA) is 69.6 Å². The summed E-state index contributed by atoms with van der Waals surface area (Å²) in [5.74, 6) is 0.876. The van der Waals surface area contributed by atoms with Crippen LogP contribution in [0.2, 0.25) is 0 Å². The van der Waals surface area contributed by atoms with E-state index in [9.17, 15) is 9.59 Å². The van der Waals surface area contributed by atoms with Crippen molar-refractivity contribution in [1.29, 1.82) is 0 Å².